The van der Waals surface area contributed by atoms with E-state index in [0.717, 1.165) is 36.8 Å². The van der Waals surface area contributed by atoms with Gasteiger partial charge in [-0.05, 0) is 65.2 Å². The summed E-state index contributed by atoms with van der Waals surface area (Å²) in [6.07, 6.45) is 4.49. The average Bonchev–Trinajstić information content (AvgIpc) is 2.37. The van der Waals surface area contributed by atoms with Gasteiger partial charge in [0.15, 0.2) is 0 Å². The topological polar surface area (TPSA) is 83.6 Å². The van der Waals surface area contributed by atoms with E-state index < -0.39 is 12.0 Å². The zero-order valence-corrected chi connectivity index (χ0v) is 12.2. The lowest BCUT2D eigenvalue weighted by Gasteiger charge is -2.24. The molecule has 0 aromatic heterocycles. The molecule has 0 saturated carbocycles. The fourth-order valence-electron chi connectivity index (χ4n) is 2.71. The van der Waals surface area contributed by atoms with E-state index in [9.17, 15) is 9.90 Å². The van der Waals surface area contributed by atoms with Gasteiger partial charge in [0.05, 0.1) is 4.47 Å². The first kappa shape index (κ1) is 14.3. The SMILES string of the molecule is NC(CCC(=O)O)c1c(O)c(Br)cc2c1CCCC2. The minimum Gasteiger partial charge on any atom is -0.506 e. The minimum atomic E-state index is -0.862. The molecule has 0 spiro atoms. The van der Waals surface area contributed by atoms with Gasteiger partial charge >= 0.3 is 5.97 Å². The van der Waals surface area contributed by atoms with Gasteiger partial charge in [-0.3, -0.25) is 4.79 Å². The molecule has 1 aromatic rings. The summed E-state index contributed by atoms with van der Waals surface area (Å²) in [5, 5.41) is 19.0. The number of aliphatic carboxylic acids is 1. The van der Waals surface area contributed by atoms with Crippen molar-refractivity contribution < 1.29 is 15.0 Å². The van der Waals surface area contributed by atoms with Gasteiger partial charge in [-0.25, -0.2) is 0 Å². The zero-order chi connectivity index (χ0) is 14.0. The third-order valence-corrected chi connectivity index (χ3v) is 4.26. The van der Waals surface area contributed by atoms with Crippen LogP contribution in [0.15, 0.2) is 10.5 Å². The van der Waals surface area contributed by atoms with Crippen LogP contribution in [0.2, 0.25) is 0 Å². The number of fused-ring (bicyclic) bond motifs is 1. The molecule has 0 amide bonds. The lowest BCUT2D eigenvalue weighted by atomic mass is 9.84. The Morgan fingerprint density at radius 2 is 2.11 bits per heavy atom. The van der Waals surface area contributed by atoms with Crippen LogP contribution in [0.5, 0.6) is 5.75 Å². The number of hydrogen-bond donors (Lipinski definition) is 3. The summed E-state index contributed by atoms with van der Waals surface area (Å²) in [7, 11) is 0. The Morgan fingerprint density at radius 1 is 1.42 bits per heavy atom. The van der Waals surface area contributed by atoms with Crippen LogP contribution in [-0.4, -0.2) is 16.2 Å². The molecule has 2 rings (SSSR count). The van der Waals surface area contributed by atoms with E-state index in [0.29, 0.717) is 10.9 Å². The molecule has 0 saturated heterocycles. The normalized spacial score (nSPS) is 15.9. The number of phenolic OH excluding ortho intramolecular Hbond substituents is 1. The Balaban J connectivity index is 2.37. The first-order valence-electron chi connectivity index (χ1n) is 6.51. The number of hydrogen-bond acceptors (Lipinski definition) is 3. The van der Waals surface area contributed by atoms with Crippen molar-refractivity contribution in [1.82, 2.24) is 0 Å². The number of rotatable bonds is 4. The maximum Gasteiger partial charge on any atom is 0.303 e. The molecule has 0 heterocycles. The van der Waals surface area contributed by atoms with E-state index in [1.54, 1.807) is 0 Å². The lowest BCUT2D eigenvalue weighted by Crippen LogP contribution is -2.17. The van der Waals surface area contributed by atoms with E-state index in [2.05, 4.69) is 15.9 Å². The van der Waals surface area contributed by atoms with Crippen LogP contribution in [0.1, 0.15) is 48.4 Å². The average molecular weight is 328 g/mol. The van der Waals surface area contributed by atoms with E-state index in [4.69, 9.17) is 10.8 Å². The second-order valence-corrected chi connectivity index (χ2v) is 5.86. The van der Waals surface area contributed by atoms with Gasteiger partial charge < -0.3 is 15.9 Å². The summed E-state index contributed by atoms with van der Waals surface area (Å²) in [5.41, 5.74) is 9.15. The second kappa shape index (κ2) is 5.92. The standard InChI is InChI=1S/C14H18BrNO3/c15-10-7-8-3-1-2-4-9(8)13(14(10)19)11(16)5-6-12(17)18/h7,11,19H,1-6,16H2,(H,17,18). The quantitative estimate of drug-likeness (QED) is 0.793. The van der Waals surface area contributed by atoms with Crippen molar-refractivity contribution in [3.8, 4) is 5.75 Å². The highest BCUT2D eigenvalue weighted by Crippen LogP contribution is 2.40. The number of carboxylic acids is 1. The number of carbonyl (C=O) groups is 1. The van der Waals surface area contributed by atoms with Crippen molar-refractivity contribution >= 4 is 21.9 Å². The number of nitrogens with two attached hydrogens (primary N) is 1. The van der Waals surface area contributed by atoms with Gasteiger partial charge in [0.2, 0.25) is 0 Å². The number of halogens is 1. The highest BCUT2D eigenvalue weighted by molar-refractivity contribution is 9.10. The Kier molecular flexibility index (Phi) is 4.47. The maximum absolute atomic E-state index is 10.6. The molecule has 0 aliphatic heterocycles. The number of carboxylic acid groups (broad SMARTS) is 1. The van der Waals surface area contributed by atoms with Crippen molar-refractivity contribution in [2.75, 3.05) is 0 Å². The van der Waals surface area contributed by atoms with Gasteiger partial charge in [0, 0.05) is 18.0 Å². The largest absolute Gasteiger partial charge is 0.506 e. The van der Waals surface area contributed by atoms with Gasteiger partial charge in [0.1, 0.15) is 5.75 Å². The van der Waals surface area contributed by atoms with E-state index >= 15 is 0 Å². The third kappa shape index (κ3) is 3.09. The van der Waals surface area contributed by atoms with Crippen LogP contribution in [0.3, 0.4) is 0 Å². The zero-order valence-electron chi connectivity index (χ0n) is 10.7. The van der Waals surface area contributed by atoms with Crippen LogP contribution >= 0.6 is 15.9 Å². The highest BCUT2D eigenvalue weighted by Gasteiger charge is 2.23. The fourth-order valence-corrected chi connectivity index (χ4v) is 3.20. The Labute approximate surface area is 120 Å². The van der Waals surface area contributed by atoms with Crippen molar-refractivity contribution in [3.63, 3.8) is 0 Å². The van der Waals surface area contributed by atoms with Crippen LogP contribution in [0, 0.1) is 0 Å². The molecule has 19 heavy (non-hydrogen) atoms. The highest BCUT2D eigenvalue weighted by atomic mass is 79.9. The van der Waals surface area contributed by atoms with Crippen molar-refractivity contribution in [3.05, 3.63) is 27.2 Å². The van der Waals surface area contributed by atoms with E-state index in [1.807, 2.05) is 6.07 Å². The molecule has 5 heteroatoms. The van der Waals surface area contributed by atoms with Crippen molar-refractivity contribution in [1.29, 1.82) is 0 Å². The van der Waals surface area contributed by atoms with Gasteiger partial charge in [-0.1, -0.05) is 0 Å². The smallest absolute Gasteiger partial charge is 0.303 e. The molecular formula is C14H18BrNO3. The summed E-state index contributed by atoms with van der Waals surface area (Å²) in [6, 6.07) is 1.53. The molecular weight excluding hydrogens is 310 g/mol. The first-order chi connectivity index (χ1) is 9.00. The van der Waals surface area contributed by atoms with Gasteiger partial charge in [-0.15, -0.1) is 0 Å². The number of aromatic hydroxyl groups is 1. The molecule has 4 N–H and O–H groups in total. The fraction of sp³-hybridized carbons (Fsp3) is 0.500. The lowest BCUT2D eigenvalue weighted by molar-refractivity contribution is -0.137. The molecule has 1 unspecified atom stereocenters. The maximum atomic E-state index is 10.6. The van der Waals surface area contributed by atoms with Crippen LogP contribution in [0.4, 0.5) is 0 Å². The molecule has 1 aliphatic carbocycles. The van der Waals surface area contributed by atoms with Crippen LogP contribution in [0.25, 0.3) is 0 Å². The van der Waals surface area contributed by atoms with Gasteiger partial charge in [-0.2, -0.15) is 0 Å². The molecule has 0 bridgehead atoms. The number of aryl methyl sites for hydroxylation is 1. The molecule has 4 nitrogen and oxygen atoms in total. The summed E-state index contributed by atoms with van der Waals surface area (Å²) in [6.45, 7) is 0. The van der Waals surface area contributed by atoms with E-state index in [1.165, 1.54) is 5.56 Å². The van der Waals surface area contributed by atoms with Crippen LogP contribution < -0.4 is 5.73 Å². The third-order valence-electron chi connectivity index (χ3n) is 3.66. The summed E-state index contributed by atoms with van der Waals surface area (Å²) >= 11 is 3.35. The number of benzene rings is 1. The summed E-state index contributed by atoms with van der Waals surface area (Å²) in [4.78, 5) is 10.6. The predicted molar refractivity (Wildman–Crippen MR) is 76.2 cm³/mol. The molecule has 0 radical (unpaired) electrons. The number of phenols is 1. The minimum absolute atomic E-state index is 0.0158. The first-order valence-corrected chi connectivity index (χ1v) is 7.30. The van der Waals surface area contributed by atoms with Crippen molar-refractivity contribution in [2.24, 2.45) is 5.73 Å². The molecule has 1 aliphatic rings. The Hall–Kier alpha value is -1.07. The summed E-state index contributed by atoms with van der Waals surface area (Å²) in [5.74, 6) is -0.697. The molecule has 1 aromatic carbocycles. The Bertz CT molecular complexity index is 502. The molecule has 1 atom stereocenters. The van der Waals surface area contributed by atoms with Crippen LogP contribution in [-0.2, 0) is 17.6 Å². The molecule has 104 valence electrons. The summed E-state index contributed by atoms with van der Waals surface area (Å²) < 4.78 is 0.647. The molecule has 0 fully saturated rings. The Morgan fingerprint density at radius 3 is 2.79 bits per heavy atom. The van der Waals surface area contributed by atoms with Gasteiger partial charge in [0.25, 0.3) is 0 Å². The van der Waals surface area contributed by atoms with Crippen molar-refractivity contribution in [2.45, 2.75) is 44.6 Å². The monoisotopic (exact) mass is 327 g/mol. The van der Waals surface area contributed by atoms with E-state index in [-0.39, 0.29) is 12.2 Å². The predicted octanol–water partition coefficient (Wildman–Crippen LogP) is 2.90. The second-order valence-electron chi connectivity index (χ2n) is 5.00.